The summed E-state index contributed by atoms with van der Waals surface area (Å²) in [5, 5.41) is 8.99. The highest BCUT2D eigenvalue weighted by atomic mass is 16.5. The highest BCUT2D eigenvalue weighted by molar-refractivity contribution is 5.90. The molecule has 2 rings (SSSR count). The number of benzene rings is 1. The Hall–Kier alpha value is -2.36. The van der Waals surface area contributed by atoms with Crippen LogP contribution in [0.25, 0.3) is 0 Å². The molecule has 0 bridgehead atoms. The van der Waals surface area contributed by atoms with Gasteiger partial charge in [0.15, 0.2) is 0 Å². The molecule has 17 heavy (non-hydrogen) atoms. The third kappa shape index (κ3) is 2.42. The number of aromatic nitrogens is 1. The van der Waals surface area contributed by atoms with Crippen molar-refractivity contribution in [2.75, 3.05) is 0 Å². The van der Waals surface area contributed by atoms with Crippen molar-refractivity contribution in [3.8, 4) is 11.5 Å². The van der Waals surface area contributed by atoms with Crippen molar-refractivity contribution in [1.29, 1.82) is 0 Å². The Morgan fingerprint density at radius 3 is 2.59 bits per heavy atom. The fourth-order valence-electron chi connectivity index (χ4n) is 1.49. The summed E-state index contributed by atoms with van der Waals surface area (Å²) in [6.45, 7) is 1.72. The van der Waals surface area contributed by atoms with Gasteiger partial charge >= 0.3 is 5.97 Å². The average Bonchev–Trinajstić information content (AvgIpc) is 2.33. The van der Waals surface area contributed by atoms with Crippen LogP contribution in [0.1, 0.15) is 15.9 Å². The number of ether oxygens (including phenoxy) is 1. The molecule has 1 aromatic heterocycles. The van der Waals surface area contributed by atoms with Gasteiger partial charge in [-0.25, -0.2) is 4.79 Å². The molecule has 1 aromatic carbocycles. The zero-order valence-electron chi connectivity index (χ0n) is 9.25. The Kier molecular flexibility index (Phi) is 3.05. The topological polar surface area (TPSA) is 59.4 Å². The maximum Gasteiger partial charge on any atom is 0.336 e. The van der Waals surface area contributed by atoms with Crippen LogP contribution in [0.15, 0.2) is 42.7 Å². The van der Waals surface area contributed by atoms with Crippen LogP contribution in [0.4, 0.5) is 0 Å². The number of aromatic carboxylic acids is 1. The third-order valence-electron chi connectivity index (χ3n) is 2.39. The normalized spacial score (nSPS) is 9.94. The summed E-state index contributed by atoms with van der Waals surface area (Å²) in [4.78, 5) is 14.8. The first-order valence-corrected chi connectivity index (χ1v) is 5.09. The van der Waals surface area contributed by atoms with Gasteiger partial charge in [0.2, 0.25) is 0 Å². The highest BCUT2D eigenvalue weighted by Gasteiger charge is 2.11. The molecule has 1 N–H and O–H groups in total. The summed E-state index contributed by atoms with van der Waals surface area (Å²) in [5.74, 6) is 0.212. The van der Waals surface area contributed by atoms with E-state index < -0.39 is 5.97 Å². The third-order valence-corrected chi connectivity index (χ3v) is 2.39. The lowest BCUT2D eigenvalue weighted by Gasteiger charge is -2.09. The molecule has 0 aliphatic heterocycles. The number of hydrogen-bond donors (Lipinski definition) is 1. The van der Waals surface area contributed by atoms with E-state index >= 15 is 0 Å². The number of hydrogen-bond acceptors (Lipinski definition) is 3. The van der Waals surface area contributed by atoms with Crippen LogP contribution in [0, 0.1) is 6.92 Å². The molecule has 0 spiro atoms. The van der Waals surface area contributed by atoms with Gasteiger partial charge in [-0.05, 0) is 31.2 Å². The van der Waals surface area contributed by atoms with Gasteiger partial charge in [-0.3, -0.25) is 4.98 Å². The van der Waals surface area contributed by atoms with E-state index in [1.165, 1.54) is 0 Å². The molecule has 0 aliphatic rings. The first kappa shape index (κ1) is 11.1. The minimum atomic E-state index is -0.956. The Morgan fingerprint density at radius 2 is 1.94 bits per heavy atom. The van der Waals surface area contributed by atoms with Crippen LogP contribution in [0.5, 0.6) is 11.5 Å². The predicted molar refractivity (Wildman–Crippen MR) is 62.4 cm³/mol. The van der Waals surface area contributed by atoms with Gasteiger partial charge in [0.25, 0.3) is 0 Å². The molecule has 4 nitrogen and oxygen atoms in total. The van der Waals surface area contributed by atoms with Crippen molar-refractivity contribution in [1.82, 2.24) is 4.98 Å². The molecule has 0 fully saturated rings. The van der Waals surface area contributed by atoms with Crippen molar-refractivity contribution in [3.63, 3.8) is 0 Å². The van der Waals surface area contributed by atoms with Crippen LogP contribution in [-0.4, -0.2) is 16.1 Å². The number of nitrogens with zero attached hydrogens (tertiary/aromatic N) is 1. The molecule has 0 unspecified atom stereocenters. The lowest BCUT2D eigenvalue weighted by Crippen LogP contribution is -2.00. The summed E-state index contributed by atoms with van der Waals surface area (Å²) in [7, 11) is 0. The molecule has 0 saturated heterocycles. The zero-order chi connectivity index (χ0) is 12.3. The number of carboxylic acid groups (broad SMARTS) is 1. The molecule has 1 heterocycles. The second-order valence-corrected chi connectivity index (χ2v) is 3.52. The van der Waals surface area contributed by atoms with E-state index in [9.17, 15) is 4.79 Å². The van der Waals surface area contributed by atoms with Crippen molar-refractivity contribution in [3.05, 3.63) is 53.9 Å². The van der Waals surface area contributed by atoms with Gasteiger partial charge < -0.3 is 9.84 Å². The van der Waals surface area contributed by atoms with E-state index in [0.29, 0.717) is 17.1 Å². The lowest BCUT2D eigenvalue weighted by atomic mass is 10.1. The fraction of sp³-hybridized carbons (Fsp3) is 0.0769. The van der Waals surface area contributed by atoms with Crippen molar-refractivity contribution in [2.24, 2.45) is 0 Å². The van der Waals surface area contributed by atoms with Crippen LogP contribution >= 0.6 is 0 Å². The first-order chi connectivity index (χ1) is 8.18. The van der Waals surface area contributed by atoms with Crippen LogP contribution < -0.4 is 4.74 Å². The van der Waals surface area contributed by atoms with E-state index in [4.69, 9.17) is 9.84 Å². The lowest BCUT2D eigenvalue weighted by molar-refractivity contribution is 0.0695. The molecule has 86 valence electrons. The molecular weight excluding hydrogens is 218 g/mol. The van der Waals surface area contributed by atoms with E-state index in [2.05, 4.69) is 4.98 Å². The largest absolute Gasteiger partial charge is 0.478 e. The Labute approximate surface area is 98.5 Å². The van der Waals surface area contributed by atoms with Crippen molar-refractivity contribution in [2.45, 2.75) is 6.92 Å². The molecule has 0 saturated carbocycles. The number of rotatable bonds is 3. The summed E-state index contributed by atoms with van der Waals surface area (Å²) in [6.07, 6.45) is 3.23. The predicted octanol–water partition coefficient (Wildman–Crippen LogP) is 2.88. The summed E-state index contributed by atoms with van der Waals surface area (Å²) >= 11 is 0. The van der Waals surface area contributed by atoms with E-state index in [1.807, 2.05) is 0 Å². The molecule has 2 aromatic rings. The average molecular weight is 229 g/mol. The molecule has 4 heteroatoms. The summed E-state index contributed by atoms with van der Waals surface area (Å²) < 4.78 is 5.60. The Balaban J connectivity index is 2.34. The summed E-state index contributed by atoms with van der Waals surface area (Å²) in [5.41, 5.74) is 0.855. The molecule has 0 amide bonds. The standard InChI is InChI=1S/C13H11NO3/c1-9-11(13(15)16)3-2-4-12(9)17-10-5-7-14-8-6-10/h2-8H,1H3,(H,15,16). The van der Waals surface area contributed by atoms with Gasteiger partial charge in [0, 0.05) is 18.0 Å². The summed E-state index contributed by atoms with van der Waals surface area (Å²) in [6, 6.07) is 8.38. The van der Waals surface area contributed by atoms with Crippen LogP contribution in [0.3, 0.4) is 0 Å². The Morgan fingerprint density at radius 1 is 1.24 bits per heavy atom. The van der Waals surface area contributed by atoms with E-state index in [0.717, 1.165) is 0 Å². The second kappa shape index (κ2) is 4.65. The van der Waals surface area contributed by atoms with E-state index in [1.54, 1.807) is 49.6 Å². The van der Waals surface area contributed by atoms with E-state index in [-0.39, 0.29) is 5.56 Å². The number of carbonyl (C=O) groups is 1. The second-order valence-electron chi connectivity index (χ2n) is 3.52. The van der Waals surface area contributed by atoms with Crippen LogP contribution in [-0.2, 0) is 0 Å². The first-order valence-electron chi connectivity index (χ1n) is 5.09. The quantitative estimate of drug-likeness (QED) is 0.879. The molecule has 0 radical (unpaired) electrons. The van der Waals surface area contributed by atoms with Gasteiger partial charge in [0.1, 0.15) is 11.5 Å². The highest BCUT2D eigenvalue weighted by Crippen LogP contribution is 2.26. The van der Waals surface area contributed by atoms with Crippen molar-refractivity contribution < 1.29 is 14.6 Å². The fourth-order valence-corrected chi connectivity index (χ4v) is 1.49. The van der Waals surface area contributed by atoms with Gasteiger partial charge in [0.05, 0.1) is 5.56 Å². The SMILES string of the molecule is Cc1c(Oc2ccncc2)cccc1C(=O)O. The van der Waals surface area contributed by atoms with Gasteiger partial charge in [-0.1, -0.05) is 6.07 Å². The molecular formula is C13H11NO3. The number of carboxylic acids is 1. The van der Waals surface area contributed by atoms with Gasteiger partial charge in [-0.15, -0.1) is 0 Å². The van der Waals surface area contributed by atoms with Crippen molar-refractivity contribution >= 4 is 5.97 Å². The smallest absolute Gasteiger partial charge is 0.336 e. The van der Waals surface area contributed by atoms with Gasteiger partial charge in [-0.2, -0.15) is 0 Å². The monoisotopic (exact) mass is 229 g/mol. The minimum absolute atomic E-state index is 0.247. The zero-order valence-corrected chi connectivity index (χ0v) is 9.25. The number of pyridine rings is 1. The molecule has 0 atom stereocenters. The minimum Gasteiger partial charge on any atom is -0.478 e. The Bertz CT molecular complexity index is 538. The maximum atomic E-state index is 11.0. The van der Waals surface area contributed by atoms with Crippen LogP contribution in [0.2, 0.25) is 0 Å². The molecule has 0 aliphatic carbocycles. The maximum absolute atomic E-state index is 11.0.